The Kier molecular flexibility index (Phi) is 5.50. The van der Waals surface area contributed by atoms with Crippen molar-refractivity contribution in [1.29, 1.82) is 0 Å². The Hall–Kier alpha value is 0.160. The first-order valence-corrected chi connectivity index (χ1v) is 7.80. The van der Waals surface area contributed by atoms with E-state index in [4.69, 9.17) is 11.6 Å². The van der Waals surface area contributed by atoms with E-state index >= 15 is 0 Å². The maximum Gasteiger partial charge on any atom is 0.281 e. The number of piperidine rings is 1. The maximum atomic E-state index is 12.2. The minimum atomic E-state index is -3.26. The maximum absolute atomic E-state index is 12.2. The van der Waals surface area contributed by atoms with Gasteiger partial charge in [0, 0.05) is 32.1 Å². The fraction of sp³-hybridized carbons (Fsp3) is 1.00. The molecule has 0 saturated carbocycles. The fourth-order valence-corrected chi connectivity index (χ4v) is 4.07. The van der Waals surface area contributed by atoms with Gasteiger partial charge in [0.2, 0.25) is 0 Å². The Bertz CT molecular complexity index is 304. The molecule has 0 aromatic rings. The molecular formula is C10H21ClN2O2S. The Morgan fingerprint density at radius 3 is 2.50 bits per heavy atom. The highest BCUT2D eigenvalue weighted by Gasteiger charge is 2.31. The molecule has 1 atom stereocenters. The van der Waals surface area contributed by atoms with Crippen LogP contribution in [0, 0.1) is 5.92 Å². The zero-order valence-corrected chi connectivity index (χ0v) is 11.6. The lowest BCUT2D eigenvalue weighted by Crippen LogP contribution is -2.48. The Labute approximate surface area is 104 Å². The van der Waals surface area contributed by atoms with Crippen molar-refractivity contribution in [1.82, 2.24) is 8.61 Å². The Morgan fingerprint density at radius 2 is 2.00 bits per heavy atom. The average molecular weight is 269 g/mol. The number of halogens is 1. The van der Waals surface area contributed by atoms with Crippen LogP contribution < -0.4 is 0 Å². The van der Waals surface area contributed by atoms with E-state index < -0.39 is 10.2 Å². The van der Waals surface area contributed by atoms with E-state index in [0.29, 0.717) is 38.0 Å². The summed E-state index contributed by atoms with van der Waals surface area (Å²) in [6, 6.07) is 0. The molecule has 0 spiro atoms. The minimum absolute atomic E-state index is 0.306. The van der Waals surface area contributed by atoms with E-state index in [1.807, 2.05) is 13.8 Å². The van der Waals surface area contributed by atoms with E-state index in [2.05, 4.69) is 0 Å². The van der Waals surface area contributed by atoms with Crippen molar-refractivity contribution >= 4 is 21.8 Å². The highest BCUT2D eigenvalue weighted by atomic mass is 35.5. The Balaban J connectivity index is 2.75. The highest BCUT2D eigenvalue weighted by molar-refractivity contribution is 7.86. The summed E-state index contributed by atoms with van der Waals surface area (Å²) < 4.78 is 27.5. The molecule has 6 heteroatoms. The summed E-state index contributed by atoms with van der Waals surface area (Å²) in [5.41, 5.74) is 0. The summed E-state index contributed by atoms with van der Waals surface area (Å²) in [4.78, 5) is 0. The zero-order valence-electron chi connectivity index (χ0n) is 10.0. The predicted octanol–water partition coefficient (Wildman–Crippen LogP) is 1.52. The number of alkyl halides is 1. The molecule has 0 aromatic heterocycles. The summed E-state index contributed by atoms with van der Waals surface area (Å²) in [6.07, 6.45) is 1.95. The van der Waals surface area contributed by atoms with Gasteiger partial charge in [0.1, 0.15) is 0 Å². The van der Waals surface area contributed by atoms with Gasteiger partial charge in [-0.2, -0.15) is 17.0 Å². The molecule has 4 nitrogen and oxygen atoms in total. The molecule has 1 unspecified atom stereocenters. The van der Waals surface area contributed by atoms with Gasteiger partial charge in [0.15, 0.2) is 0 Å². The van der Waals surface area contributed by atoms with Gasteiger partial charge >= 0.3 is 0 Å². The smallest absolute Gasteiger partial charge is 0.195 e. The van der Waals surface area contributed by atoms with Crippen LogP contribution in [0.5, 0.6) is 0 Å². The summed E-state index contributed by atoms with van der Waals surface area (Å²) in [5, 5.41) is 0. The first-order chi connectivity index (χ1) is 7.56. The van der Waals surface area contributed by atoms with Crippen LogP contribution in [-0.4, -0.2) is 49.1 Å². The van der Waals surface area contributed by atoms with Crippen LogP contribution in [-0.2, 0) is 10.2 Å². The standard InChI is InChI=1S/C10H21ClN2O2S/c1-3-12(4-2)16(14,15)13-7-5-6-10(8-11)9-13/h10H,3-9H2,1-2H3. The van der Waals surface area contributed by atoms with Crippen molar-refractivity contribution in [2.45, 2.75) is 26.7 Å². The molecule has 1 rings (SSSR count). The molecule has 0 radical (unpaired) electrons. The van der Waals surface area contributed by atoms with Crippen molar-refractivity contribution in [3.8, 4) is 0 Å². The Morgan fingerprint density at radius 1 is 1.38 bits per heavy atom. The number of hydrogen-bond donors (Lipinski definition) is 0. The van der Waals surface area contributed by atoms with Crippen LogP contribution >= 0.6 is 11.6 Å². The third-order valence-corrected chi connectivity index (χ3v) is 5.65. The molecule has 96 valence electrons. The molecule has 0 bridgehead atoms. The second kappa shape index (κ2) is 6.19. The van der Waals surface area contributed by atoms with Gasteiger partial charge in [-0.15, -0.1) is 11.6 Å². The largest absolute Gasteiger partial charge is 0.281 e. The van der Waals surface area contributed by atoms with E-state index in [1.54, 1.807) is 4.31 Å². The zero-order chi connectivity index (χ0) is 12.2. The minimum Gasteiger partial charge on any atom is -0.195 e. The molecular weight excluding hydrogens is 248 g/mol. The number of nitrogens with zero attached hydrogens (tertiary/aromatic N) is 2. The van der Waals surface area contributed by atoms with Gasteiger partial charge in [-0.3, -0.25) is 0 Å². The second-order valence-electron chi connectivity index (χ2n) is 4.11. The molecule has 0 N–H and O–H groups in total. The van der Waals surface area contributed by atoms with Crippen molar-refractivity contribution < 1.29 is 8.42 Å². The van der Waals surface area contributed by atoms with Crippen LogP contribution in [0.3, 0.4) is 0 Å². The molecule has 16 heavy (non-hydrogen) atoms. The van der Waals surface area contributed by atoms with Crippen LogP contribution in [0.15, 0.2) is 0 Å². The van der Waals surface area contributed by atoms with Crippen molar-refractivity contribution in [3.63, 3.8) is 0 Å². The normalized spacial score (nSPS) is 23.9. The lowest BCUT2D eigenvalue weighted by molar-refractivity contribution is 0.262. The third-order valence-electron chi connectivity index (χ3n) is 3.06. The van der Waals surface area contributed by atoms with E-state index in [0.717, 1.165) is 12.8 Å². The summed E-state index contributed by atoms with van der Waals surface area (Å²) in [7, 11) is -3.26. The summed E-state index contributed by atoms with van der Waals surface area (Å²) in [6.45, 7) is 5.99. The van der Waals surface area contributed by atoms with Crippen molar-refractivity contribution in [3.05, 3.63) is 0 Å². The highest BCUT2D eigenvalue weighted by Crippen LogP contribution is 2.21. The van der Waals surface area contributed by atoms with Gasteiger partial charge in [0.25, 0.3) is 10.2 Å². The van der Waals surface area contributed by atoms with Crippen LogP contribution in [0.1, 0.15) is 26.7 Å². The average Bonchev–Trinajstić information content (AvgIpc) is 2.30. The molecule has 1 aliphatic rings. The van der Waals surface area contributed by atoms with Crippen molar-refractivity contribution in [2.24, 2.45) is 5.92 Å². The van der Waals surface area contributed by atoms with Gasteiger partial charge in [-0.25, -0.2) is 0 Å². The first kappa shape index (κ1) is 14.2. The molecule has 1 fully saturated rings. The second-order valence-corrected chi connectivity index (χ2v) is 6.35. The molecule has 0 amide bonds. The lowest BCUT2D eigenvalue weighted by atomic mass is 10.0. The van der Waals surface area contributed by atoms with Crippen LogP contribution in [0.2, 0.25) is 0 Å². The van der Waals surface area contributed by atoms with E-state index in [-0.39, 0.29) is 0 Å². The molecule has 1 saturated heterocycles. The van der Waals surface area contributed by atoms with Gasteiger partial charge in [0.05, 0.1) is 0 Å². The molecule has 1 heterocycles. The van der Waals surface area contributed by atoms with Crippen molar-refractivity contribution in [2.75, 3.05) is 32.1 Å². The molecule has 0 aliphatic carbocycles. The molecule has 0 aromatic carbocycles. The van der Waals surface area contributed by atoms with E-state index in [1.165, 1.54) is 4.31 Å². The predicted molar refractivity (Wildman–Crippen MR) is 66.9 cm³/mol. The topological polar surface area (TPSA) is 40.6 Å². The number of rotatable bonds is 5. The number of hydrogen-bond acceptors (Lipinski definition) is 2. The van der Waals surface area contributed by atoms with E-state index in [9.17, 15) is 8.42 Å². The first-order valence-electron chi connectivity index (χ1n) is 5.87. The van der Waals surface area contributed by atoms with Gasteiger partial charge in [-0.05, 0) is 18.8 Å². The van der Waals surface area contributed by atoms with Crippen LogP contribution in [0.25, 0.3) is 0 Å². The fourth-order valence-electron chi connectivity index (χ4n) is 2.08. The lowest BCUT2D eigenvalue weighted by Gasteiger charge is -2.34. The SMILES string of the molecule is CCN(CC)S(=O)(=O)N1CCCC(CCl)C1. The molecule has 1 aliphatic heterocycles. The summed E-state index contributed by atoms with van der Waals surface area (Å²) in [5.74, 6) is 0.852. The third kappa shape index (κ3) is 3.09. The summed E-state index contributed by atoms with van der Waals surface area (Å²) >= 11 is 5.81. The monoisotopic (exact) mass is 268 g/mol. The quantitative estimate of drug-likeness (QED) is 0.710. The van der Waals surface area contributed by atoms with Gasteiger partial charge < -0.3 is 0 Å². The van der Waals surface area contributed by atoms with Gasteiger partial charge in [-0.1, -0.05) is 13.8 Å². The van der Waals surface area contributed by atoms with Crippen LogP contribution in [0.4, 0.5) is 0 Å².